The van der Waals surface area contributed by atoms with Gasteiger partial charge >= 0.3 is 0 Å². The summed E-state index contributed by atoms with van der Waals surface area (Å²) in [5, 5.41) is 3.35. The number of hydrogen-bond acceptors (Lipinski definition) is 4. The van der Waals surface area contributed by atoms with Gasteiger partial charge in [-0.25, -0.2) is 4.98 Å². The first-order chi connectivity index (χ1) is 9.25. The Morgan fingerprint density at radius 2 is 2.16 bits per heavy atom. The van der Waals surface area contributed by atoms with Gasteiger partial charge in [-0.05, 0) is 32.6 Å². The van der Waals surface area contributed by atoms with E-state index in [9.17, 15) is 0 Å². The highest BCUT2D eigenvalue weighted by atomic mass is 32.1. The first-order valence-corrected chi connectivity index (χ1v) is 7.63. The van der Waals surface area contributed by atoms with Gasteiger partial charge in [0, 0.05) is 37.4 Å². The highest BCUT2D eigenvalue weighted by Crippen LogP contribution is 2.40. The van der Waals surface area contributed by atoms with E-state index in [1.165, 1.54) is 18.5 Å². The van der Waals surface area contributed by atoms with Crippen LogP contribution in [0.5, 0.6) is 0 Å². The van der Waals surface area contributed by atoms with Crippen molar-refractivity contribution in [2.45, 2.75) is 51.2 Å². The number of rotatable bonds is 3. The molecule has 1 aromatic heterocycles. The standard InChI is InChI=1S/C14H21N3OS/c1-2-18-14(6-3-4-7-14)13-16-11-5-8-15-9-10(11)12(19)17-13/h15H,2-9H2,1H3,(H,16,17,19). The molecule has 5 heteroatoms. The van der Waals surface area contributed by atoms with Gasteiger partial charge in [-0.2, -0.15) is 0 Å². The Balaban J connectivity index is 2.04. The van der Waals surface area contributed by atoms with Crippen LogP contribution >= 0.6 is 12.2 Å². The summed E-state index contributed by atoms with van der Waals surface area (Å²) >= 11 is 5.47. The third-order valence-electron chi connectivity index (χ3n) is 4.22. The molecule has 1 saturated carbocycles. The lowest BCUT2D eigenvalue weighted by atomic mass is 9.99. The van der Waals surface area contributed by atoms with Crippen molar-refractivity contribution < 1.29 is 4.74 Å². The number of aromatic nitrogens is 2. The van der Waals surface area contributed by atoms with Crippen LogP contribution in [0.25, 0.3) is 0 Å². The number of ether oxygens (including phenoxy) is 1. The van der Waals surface area contributed by atoms with E-state index in [1.807, 2.05) is 0 Å². The molecule has 0 amide bonds. The zero-order valence-electron chi connectivity index (χ0n) is 11.4. The Morgan fingerprint density at radius 3 is 2.89 bits per heavy atom. The molecule has 1 aliphatic carbocycles. The third kappa shape index (κ3) is 2.35. The van der Waals surface area contributed by atoms with Gasteiger partial charge in [0.1, 0.15) is 16.1 Å². The molecular formula is C14H21N3OS. The quantitative estimate of drug-likeness (QED) is 0.835. The van der Waals surface area contributed by atoms with Gasteiger partial charge in [-0.1, -0.05) is 12.2 Å². The molecule has 0 atom stereocenters. The zero-order valence-corrected chi connectivity index (χ0v) is 12.2. The molecule has 2 aliphatic rings. The van der Waals surface area contributed by atoms with Crippen molar-refractivity contribution in [3.8, 4) is 0 Å². The van der Waals surface area contributed by atoms with Crippen molar-refractivity contribution in [2.24, 2.45) is 0 Å². The molecule has 0 saturated heterocycles. The highest BCUT2D eigenvalue weighted by Gasteiger charge is 2.39. The maximum absolute atomic E-state index is 6.07. The summed E-state index contributed by atoms with van der Waals surface area (Å²) in [6.45, 7) is 4.61. The van der Waals surface area contributed by atoms with E-state index >= 15 is 0 Å². The minimum absolute atomic E-state index is 0.220. The molecule has 0 radical (unpaired) electrons. The second-order valence-corrected chi connectivity index (χ2v) is 5.80. The topological polar surface area (TPSA) is 49.9 Å². The third-order valence-corrected chi connectivity index (χ3v) is 4.56. The number of aromatic amines is 1. The average Bonchev–Trinajstić information content (AvgIpc) is 2.89. The normalized spacial score (nSPS) is 21.3. The molecule has 0 spiro atoms. The van der Waals surface area contributed by atoms with Gasteiger partial charge in [0.25, 0.3) is 0 Å². The van der Waals surface area contributed by atoms with Crippen molar-refractivity contribution in [1.29, 1.82) is 0 Å². The maximum Gasteiger partial charge on any atom is 0.140 e. The summed E-state index contributed by atoms with van der Waals surface area (Å²) in [5.74, 6) is 0.956. The Kier molecular flexibility index (Phi) is 3.69. The first kappa shape index (κ1) is 13.2. The van der Waals surface area contributed by atoms with Gasteiger partial charge in [0.15, 0.2) is 0 Å². The second kappa shape index (κ2) is 5.31. The highest BCUT2D eigenvalue weighted by molar-refractivity contribution is 7.71. The minimum Gasteiger partial charge on any atom is -0.367 e. The average molecular weight is 279 g/mol. The molecule has 1 fully saturated rings. The van der Waals surface area contributed by atoms with E-state index in [-0.39, 0.29) is 5.60 Å². The number of nitrogens with one attached hydrogen (secondary N) is 2. The molecule has 0 bridgehead atoms. The number of nitrogens with zero attached hydrogens (tertiary/aromatic N) is 1. The fourth-order valence-electron chi connectivity index (χ4n) is 3.25. The number of fused-ring (bicyclic) bond motifs is 1. The van der Waals surface area contributed by atoms with Crippen molar-refractivity contribution in [3.05, 3.63) is 21.7 Å². The Labute approximate surface area is 119 Å². The minimum atomic E-state index is -0.220. The molecule has 2 heterocycles. The van der Waals surface area contributed by atoms with Crippen molar-refractivity contribution >= 4 is 12.2 Å². The maximum atomic E-state index is 6.07. The predicted octanol–water partition coefficient (Wildman–Crippen LogP) is 2.59. The van der Waals surface area contributed by atoms with Gasteiger partial charge in [0.05, 0.1) is 0 Å². The van der Waals surface area contributed by atoms with E-state index in [0.29, 0.717) is 0 Å². The van der Waals surface area contributed by atoms with Gasteiger partial charge in [0.2, 0.25) is 0 Å². The van der Waals surface area contributed by atoms with Crippen LogP contribution < -0.4 is 5.32 Å². The summed E-state index contributed by atoms with van der Waals surface area (Å²) in [6.07, 6.45) is 5.52. The summed E-state index contributed by atoms with van der Waals surface area (Å²) in [6, 6.07) is 0. The van der Waals surface area contributed by atoms with Gasteiger partial charge < -0.3 is 15.0 Å². The summed E-state index contributed by atoms with van der Waals surface area (Å²) < 4.78 is 6.80. The molecule has 0 unspecified atom stereocenters. The van der Waals surface area contributed by atoms with Crippen molar-refractivity contribution in [1.82, 2.24) is 15.3 Å². The second-order valence-electron chi connectivity index (χ2n) is 5.41. The summed E-state index contributed by atoms with van der Waals surface area (Å²) in [5.41, 5.74) is 2.19. The van der Waals surface area contributed by atoms with Crippen LogP contribution in [0.1, 0.15) is 49.7 Å². The molecule has 0 aromatic carbocycles. The number of H-pyrrole nitrogens is 1. The fourth-order valence-corrected chi connectivity index (χ4v) is 3.54. The van der Waals surface area contributed by atoms with Gasteiger partial charge in [-0.3, -0.25) is 0 Å². The lowest BCUT2D eigenvalue weighted by Crippen LogP contribution is -2.32. The molecule has 4 nitrogen and oxygen atoms in total. The fraction of sp³-hybridized carbons (Fsp3) is 0.714. The van der Waals surface area contributed by atoms with Crippen LogP contribution in [-0.2, 0) is 23.3 Å². The van der Waals surface area contributed by atoms with Crippen LogP contribution in [0, 0.1) is 4.64 Å². The summed E-state index contributed by atoms with van der Waals surface area (Å²) in [4.78, 5) is 8.18. The Morgan fingerprint density at radius 1 is 1.37 bits per heavy atom. The van der Waals surface area contributed by atoms with Crippen molar-refractivity contribution in [3.63, 3.8) is 0 Å². The van der Waals surface area contributed by atoms with Gasteiger partial charge in [-0.15, -0.1) is 0 Å². The smallest absolute Gasteiger partial charge is 0.140 e. The largest absolute Gasteiger partial charge is 0.367 e. The molecule has 3 rings (SSSR count). The Bertz CT molecular complexity index is 520. The molecular weight excluding hydrogens is 258 g/mol. The molecule has 104 valence electrons. The SMILES string of the molecule is CCOC1(c2nc(=S)c3c([nH]2)CCNC3)CCCC1. The molecule has 1 aliphatic heterocycles. The van der Waals surface area contributed by atoms with E-state index in [2.05, 4.69) is 22.2 Å². The van der Waals surface area contributed by atoms with Crippen LogP contribution in [-0.4, -0.2) is 23.1 Å². The molecule has 19 heavy (non-hydrogen) atoms. The monoisotopic (exact) mass is 279 g/mol. The Hall–Kier alpha value is -0.780. The van der Waals surface area contributed by atoms with Crippen LogP contribution in [0.3, 0.4) is 0 Å². The molecule has 2 N–H and O–H groups in total. The molecule has 1 aromatic rings. The zero-order chi connectivity index (χ0) is 13.3. The van der Waals surface area contributed by atoms with Crippen LogP contribution in [0.4, 0.5) is 0 Å². The van der Waals surface area contributed by atoms with Crippen LogP contribution in [0.15, 0.2) is 0 Å². The van der Waals surface area contributed by atoms with E-state index < -0.39 is 0 Å². The predicted molar refractivity (Wildman–Crippen MR) is 76.6 cm³/mol. The van der Waals surface area contributed by atoms with E-state index in [0.717, 1.165) is 55.0 Å². The summed E-state index contributed by atoms with van der Waals surface area (Å²) in [7, 11) is 0. The number of hydrogen-bond donors (Lipinski definition) is 2. The lowest BCUT2D eigenvalue weighted by Gasteiger charge is -2.29. The van der Waals surface area contributed by atoms with Crippen molar-refractivity contribution in [2.75, 3.05) is 13.2 Å². The van der Waals surface area contributed by atoms with E-state index in [1.54, 1.807) is 0 Å². The first-order valence-electron chi connectivity index (χ1n) is 7.22. The lowest BCUT2D eigenvalue weighted by molar-refractivity contribution is -0.0459. The van der Waals surface area contributed by atoms with Crippen LogP contribution in [0.2, 0.25) is 0 Å². The van der Waals surface area contributed by atoms with E-state index in [4.69, 9.17) is 17.0 Å².